The van der Waals surface area contributed by atoms with Crippen LogP contribution in [0, 0.1) is 10.1 Å². The number of carbonyl (C=O) groups is 2. The van der Waals surface area contributed by atoms with Gasteiger partial charge in [-0.25, -0.2) is 0 Å². The van der Waals surface area contributed by atoms with E-state index in [1.165, 1.54) is 17.4 Å². The summed E-state index contributed by atoms with van der Waals surface area (Å²) in [6.07, 6.45) is 4.71. The summed E-state index contributed by atoms with van der Waals surface area (Å²) < 4.78 is 4.88. The maximum Gasteiger partial charge on any atom is 0.433 e. The summed E-state index contributed by atoms with van der Waals surface area (Å²) in [6.45, 7) is 0. The number of nitro groups is 1. The van der Waals surface area contributed by atoms with E-state index in [1.54, 1.807) is 0 Å². The number of primary amides is 1. The van der Waals surface area contributed by atoms with Crippen molar-refractivity contribution in [1.82, 2.24) is 0 Å². The highest BCUT2D eigenvalue weighted by atomic mass is 32.1. The monoisotopic (exact) mass is 349 g/mol. The van der Waals surface area contributed by atoms with E-state index in [4.69, 9.17) is 10.2 Å². The molecule has 1 aliphatic carbocycles. The number of nitrogens with zero attached hydrogens (tertiary/aromatic N) is 1. The average molecular weight is 349 g/mol. The van der Waals surface area contributed by atoms with Gasteiger partial charge in [0.15, 0.2) is 5.76 Å². The number of furan rings is 1. The maximum absolute atomic E-state index is 12.2. The number of nitrogens with one attached hydrogen (secondary N) is 1. The van der Waals surface area contributed by atoms with Crippen LogP contribution in [0.1, 0.15) is 50.6 Å². The number of amides is 2. The van der Waals surface area contributed by atoms with E-state index >= 15 is 0 Å². The first kappa shape index (κ1) is 16.2. The van der Waals surface area contributed by atoms with Crippen molar-refractivity contribution in [3.63, 3.8) is 0 Å². The van der Waals surface area contributed by atoms with Gasteiger partial charge in [-0.05, 0) is 37.3 Å². The predicted molar refractivity (Wildman–Crippen MR) is 87.4 cm³/mol. The minimum Gasteiger partial charge on any atom is -0.395 e. The number of anilines is 1. The molecule has 8 nitrogen and oxygen atoms in total. The highest BCUT2D eigenvalue weighted by Crippen LogP contribution is 2.37. The number of nitrogens with two attached hydrogens (primary N) is 1. The fourth-order valence-electron chi connectivity index (χ4n) is 2.80. The standard InChI is InChI=1S/C15H15N3O5S/c16-13(19)12-8-4-2-1-3-5-10(8)24-15(12)17-14(20)9-6-7-11(23-9)18(21)22/h6-7H,1-5H2,(H2,16,19)(H,17,20). The van der Waals surface area contributed by atoms with E-state index in [9.17, 15) is 19.7 Å². The van der Waals surface area contributed by atoms with Crippen LogP contribution in [0.25, 0.3) is 0 Å². The van der Waals surface area contributed by atoms with E-state index in [0.717, 1.165) is 48.6 Å². The lowest BCUT2D eigenvalue weighted by atomic mass is 10.1. The van der Waals surface area contributed by atoms with Gasteiger partial charge in [-0.15, -0.1) is 11.3 Å². The highest BCUT2D eigenvalue weighted by molar-refractivity contribution is 7.17. The van der Waals surface area contributed by atoms with Crippen molar-refractivity contribution in [2.45, 2.75) is 32.1 Å². The topological polar surface area (TPSA) is 128 Å². The summed E-state index contributed by atoms with van der Waals surface area (Å²) >= 11 is 1.33. The molecule has 0 bridgehead atoms. The molecule has 2 aromatic heterocycles. The van der Waals surface area contributed by atoms with Crippen molar-refractivity contribution >= 4 is 34.0 Å². The van der Waals surface area contributed by atoms with E-state index in [0.29, 0.717) is 10.6 Å². The summed E-state index contributed by atoms with van der Waals surface area (Å²) in [6, 6.07) is 2.32. The normalized spacial score (nSPS) is 13.8. The van der Waals surface area contributed by atoms with E-state index in [-0.39, 0.29) is 5.76 Å². The quantitative estimate of drug-likeness (QED) is 0.498. The highest BCUT2D eigenvalue weighted by Gasteiger charge is 2.25. The van der Waals surface area contributed by atoms with Gasteiger partial charge in [-0.3, -0.25) is 19.7 Å². The van der Waals surface area contributed by atoms with Gasteiger partial charge < -0.3 is 15.5 Å². The minimum absolute atomic E-state index is 0.194. The van der Waals surface area contributed by atoms with Gasteiger partial charge in [-0.1, -0.05) is 6.42 Å². The van der Waals surface area contributed by atoms with Crippen LogP contribution in [0.3, 0.4) is 0 Å². The van der Waals surface area contributed by atoms with Crippen molar-refractivity contribution in [3.05, 3.63) is 44.0 Å². The number of aryl methyl sites for hydroxylation is 1. The van der Waals surface area contributed by atoms with Crippen LogP contribution in [0.15, 0.2) is 16.5 Å². The minimum atomic E-state index is -0.723. The van der Waals surface area contributed by atoms with Crippen molar-refractivity contribution in [2.24, 2.45) is 5.73 Å². The van der Waals surface area contributed by atoms with Crippen LogP contribution in [0.4, 0.5) is 10.9 Å². The Morgan fingerprint density at radius 2 is 2.00 bits per heavy atom. The molecule has 0 spiro atoms. The van der Waals surface area contributed by atoms with Gasteiger partial charge in [-0.2, -0.15) is 0 Å². The number of hydrogen-bond donors (Lipinski definition) is 2. The molecule has 2 heterocycles. The molecule has 0 aliphatic heterocycles. The number of carbonyl (C=O) groups excluding carboxylic acids is 2. The van der Waals surface area contributed by atoms with Gasteiger partial charge in [0.1, 0.15) is 9.92 Å². The zero-order valence-electron chi connectivity index (χ0n) is 12.7. The molecule has 126 valence electrons. The first-order valence-corrected chi connectivity index (χ1v) is 8.29. The molecule has 2 amide bonds. The molecule has 24 heavy (non-hydrogen) atoms. The van der Waals surface area contributed by atoms with Crippen molar-refractivity contribution in [3.8, 4) is 0 Å². The molecule has 0 unspecified atom stereocenters. The Balaban J connectivity index is 1.90. The fraction of sp³-hybridized carbons (Fsp3) is 0.333. The molecular weight excluding hydrogens is 334 g/mol. The number of rotatable bonds is 4. The Bertz CT molecular complexity index is 823. The molecule has 1 aliphatic rings. The van der Waals surface area contributed by atoms with Crippen LogP contribution in [-0.2, 0) is 12.8 Å². The first-order valence-electron chi connectivity index (χ1n) is 7.47. The lowest BCUT2D eigenvalue weighted by Gasteiger charge is -2.04. The summed E-state index contributed by atoms with van der Waals surface area (Å²) in [4.78, 5) is 35.0. The Morgan fingerprint density at radius 1 is 1.25 bits per heavy atom. The molecule has 9 heteroatoms. The van der Waals surface area contributed by atoms with E-state index < -0.39 is 22.6 Å². The maximum atomic E-state index is 12.2. The molecule has 0 saturated heterocycles. The molecule has 3 N–H and O–H groups in total. The van der Waals surface area contributed by atoms with E-state index in [1.807, 2.05) is 0 Å². The number of fused-ring (bicyclic) bond motifs is 1. The zero-order chi connectivity index (χ0) is 17.3. The lowest BCUT2D eigenvalue weighted by Crippen LogP contribution is -2.17. The third kappa shape index (κ3) is 3.02. The number of thiophene rings is 1. The molecule has 0 radical (unpaired) electrons. The molecular formula is C15H15N3O5S. The third-order valence-electron chi connectivity index (χ3n) is 3.89. The molecule has 3 rings (SSSR count). The molecule has 0 atom stereocenters. The first-order chi connectivity index (χ1) is 11.5. The zero-order valence-corrected chi connectivity index (χ0v) is 13.5. The Morgan fingerprint density at radius 3 is 2.67 bits per heavy atom. The van der Waals surface area contributed by atoms with Crippen LogP contribution in [0.2, 0.25) is 0 Å². The van der Waals surface area contributed by atoms with Crippen molar-refractivity contribution < 1.29 is 18.9 Å². The van der Waals surface area contributed by atoms with Gasteiger partial charge >= 0.3 is 5.88 Å². The van der Waals surface area contributed by atoms with Crippen LogP contribution in [-0.4, -0.2) is 16.7 Å². The summed E-state index contributed by atoms with van der Waals surface area (Å²) in [5, 5.41) is 13.6. The molecule has 0 fully saturated rings. The largest absolute Gasteiger partial charge is 0.433 e. The fourth-order valence-corrected chi connectivity index (χ4v) is 4.09. The Kier molecular flexibility index (Phi) is 4.34. The average Bonchev–Trinajstić information content (AvgIpc) is 3.07. The summed E-state index contributed by atoms with van der Waals surface area (Å²) in [5.74, 6) is -1.95. The van der Waals surface area contributed by atoms with Gasteiger partial charge in [0.25, 0.3) is 11.8 Å². The summed E-state index contributed by atoms with van der Waals surface area (Å²) in [7, 11) is 0. The van der Waals surface area contributed by atoms with Crippen molar-refractivity contribution in [2.75, 3.05) is 5.32 Å². The second-order valence-corrected chi connectivity index (χ2v) is 6.59. The predicted octanol–water partition coefficient (Wildman–Crippen LogP) is 2.87. The Hall–Kier alpha value is -2.68. The molecule has 2 aromatic rings. The number of hydrogen-bond acceptors (Lipinski definition) is 6. The van der Waals surface area contributed by atoms with Gasteiger partial charge in [0.05, 0.1) is 11.6 Å². The molecule has 0 aromatic carbocycles. The summed E-state index contributed by atoms with van der Waals surface area (Å²) in [5.41, 5.74) is 6.74. The van der Waals surface area contributed by atoms with Crippen LogP contribution < -0.4 is 11.1 Å². The lowest BCUT2D eigenvalue weighted by molar-refractivity contribution is -0.402. The van der Waals surface area contributed by atoms with Gasteiger partial charge in [0, 0.05) is 4.88 Å². The van der Waals surface area contributed by atoms with Crippen LogP contribution in [0.5, 0.6) is 0 Å². The third-order valence-corrected chi connectivity index (χ3v) is 5.10. The van der Waals surface area contributed by atoms with Gasteiger partial charge in [0.2, 0.25) is 0 Å². The second kappa shape index (κ2) is 6.44. The smallest absolute Gasteiger partial charge is 0.395 e. The molecule has 0 saturated carbocycles. The SMILES string of the molecule is NC(=O)c1c(NC(=O)c2ccc([N+](=O)[O-])o2)sc2c1CCCCC2. The Labute approximate surface area is 140 Å². The second-order valence-electron chi connectivity index (χ2n) is 5.48. The van der Waals surface area contributed by atoms with E-state index in [2.05, 4.69) is 5.32 Å². The van der Waals surface area contributed by atoms with Crippen LogP contribution >= 0.6 is 11.3 Å². The van der Waals surface area contributed by atoms with Crippen molar-refractivity contribution in [1.29, 1.82) is 0 Å².